The van der Waals surface area contributed by atoms with Gasteiger partial charge < -0.3 is 5.32 Å². The van der Waals surface area contributed by atoms with Crippen LogP contribution in [0, 0.1) is 0 Å². The molecule has 0 aromatic heterocycles. The number of amides is 1. The first kappa shape index (κ1) is 21.3. The van der Waals surface area contributed by atoms with Gasteiger partial charge in [-0.1, -0.05) is 47.1 Å². The summed E-state index contributed by atoms with van der Waals surface area (Å²) < 4.78 is 0. The molecule has 0 aliphatic carbocycles. The van der Waals surface area contributed by atoms with Crippen molar-refractivity contribution in [3.8, 4) is 0 Å². The van der Waals surface area contributed by atoms with Gasteiger partial charge in [-0.05, 0) is 65.5 Å². The molecule has 25 heavy (non-hydrogen) atoms. The lowest BCUT2D eigenvalue weighted by Gasteiger charge is -2.06. The average molecular weight is 358 g/mol. The van der Waals surface area contributed by atoms with E-state index in [1.165, 1.54) is 16.7 Å². The highest BCUT2D eigenvalue weighted by Crippen LogP contribution is 2.13. The van der Waals surface area contributed by atoms with E-state index >= 15 is 0 Å². The van der Waals surface area contributed by atoms with Crippen molar-refractivity contribution in [3.63, 3.8) is 0 Å². The minimum absolute atomic E-state index is 0.0790. The SMILES string of the molecule is CC(C)=CCCC(C)=CCC/C(C)=C/CNC(=O)c1ccccc1S. The van der Waals surface area contributed by atoms with Crippen molar-refractivity contribution in [2.75, 3.05) is 6.54 Å². The molecule has 1 aromatic rings. The van der Waals surface area contributed by atoms with Gasteiger partial charge in [-0.2, -0.15) is 0 Å². The van der Waals surface area contributed by atoms with Crippen LogP contribution >= 0.6 is 12.6 Å². The van der Waals surface area contributed by atoms with Crippen LogP contribution in [0.25, 0.3) is 0 Å². The molecule has 0 spiro atoms. The Morgan fingerprint density at radius 3 is 2.20 bits per heavy atom. The highest BCUT2D eigenvalue weighted by atomic mass is 32.1. The molecular weight excluding hydrogens is 326 g/mol. The first-order chi connectivity index (χ1) is 11.9. The zero-order valence-corrected chi connectivity index (χ0v) is 16.8. The van der Waals surface area contributed by atoms with E-state index in [1.54, 1.807) is 6.07 Å². The second kappa shape index (κ2) is 11.8. The fourth-order valence-corrected chi connectivity index (χ4v) is 2.68. The van der Waals surface area contributed by atoms with Gasteiger partial charge in [0, 0.05) is 11.4 Å². The standard InChI is InChI=1S/C22H31NOS/c1-17(2)9-7-10-18(3)11-8-12-19(4)15-16-23-22(24)20-13-5-6-14-21(20)25/h5-6,9,11,13-15,25H,7-8,10,12,16H2,1-4H3,(H,23,24)/b18-11?,19-15+. The lowest BCUT2D eigenvalue weighted by molar-refractivity contribution is 0.0955. The number of allylic oxidation sites excluding steroid dienone is 5. The van der Waals surface area contributed by atoms with Crippen molar-refractivity contribution in [2.45, 2.75) is 58.3 Å². The fourth-order valence-electron chi connectivity index (χ4n) is 2.42. The smallest absolute Gasteiger partial charge is 0.252 e. The number of rotatable bonds is 9. The minimum Gasteiger partial charge on any atom is -0.349 e. The molecule has 1 rings (SSSR count). The molecule has 0 saturated heterocycles. The Morgan fingerprint density at radius 1 is 0.960 bits per heavy atom. The molecule has 1 amide bonds. The van der Waals surface area contributed by atoms with Crippen LogP contribution in [0.15, 0.2) is 64.1 Å². The number of carbonyl (C=O) groups is 1. The van der Waals surface area contributed by atoms with Crippen molar-refractivity contribution in [3.05, 3.63) is 64.8 Å². The Hall–Kier alpha value is -1.74. The molecular formula is C22H31NOS. The van der Waals surface area contributed by atoms with Crippen LogP contribution in [0.5, 0.6) is 0 Å². The average Bonchev–Trinajstić information content (AvgIpc) is 2.54. The van der Waals surface area contributed by atoms with Crippen molar-refractivity contribution in [2.24, 2.45) is 0 Å². The normalized spacial score (nSPS) is 12.0. The van der Waals surface area contributed by atoms with Crippen LogP contribution in [0.1, 0.15) is 63.7 Å². The minimum atomic E-state index is -0.0790. The second-order valence-electron chi connectivity index (χ2n) is 6.69. The molecule has 0 atom stereocenters. The number of thiol groups is 1. The molecule has 136 valence electrons. The quantitative estimate of drug-likeness (QED) is 0.404. The number of carbonyl (C=O) groups excluding carboxylic acids is 1. The van der Waals surface area contributed by atoms with E-state index in [1.807, 2.05) is 18.2 Å². The third-order valence-electron chi connectivity index (χ3n) is 3.98. The zero-order chi connectivity index (χ0) is 18.7. The predicted octanol–water partition coefficient (Wildman–Crippen LogP) is 6.12. The first-order valence-electron chi connectivity index (χ1n) is 8.91. The lowest BCUT2D eigenvalue weighted by Crippen LogP contribution is -2.23. The van der Waals surface area contributed by atoms with Gasteiger partial charge in [0.05, 0.1) is 5.56 Å². The molecule has 0 aliphatic heterocycles. The molecule has 1 aromatic carbocycles. The van der Waals surface area contributed by atoms with Crippen molar-refractivity contribution >= 4 is 18.5 Å². The Labute approximate surface area is 158 Å². The first-order valence-corrected chi connectivity index (χ1v) is 9.35. The lowest BCUT2D eigenvalue weighted by atomic mass is 10.1. The molecule has 3 heteroatoms. The number of benzene rings is 1. The van der Waals surface area contributed by atoms with Gasteiger partial charge in [0.1, 0.15) is 0 Å². The topological polar surface area (TPSA) is 29.1 Å². The maximum atomic E-state index is 12.1. The van der Waals surface area contributed by atoms with Crippen molar-refractivity contribution in [1.82, 2.24) is 5.32 Å². The number of hydrogen-bond donors (Lipinski definition) is 2. The largest absolute Gasteiger partial charge is 0.349 e. The fraction of sp³-hybridized carbons (Fsp3) is 0.409. The summed E-state index contributed by atoms with van der Waals surface area (Å²) in [6.07, 6.45) is 11.0. The van der Waals surface area contributed by atoms with Gasteiger partial charge >= 0.3 is 0 Å². The van der Waals surface area contributed by atoms with E-state index in [2.05, 4.69) is 63.9 Å². The van der Waals surface area contributed by atoms with Gasteiger partial charge in [-0.3, -0.25) is 4.79 Å². The van der Waals surface area contributed by atoms with Gasteiger partial charge in [-0.25, -0.2) is 0 Å². The van der Waals surface area contributed by atoms with E-state index < -0.39 is 0 Å². The Bertz CT molecular complexity index is 652. The Balaban J connectivity index is 2.33. The predicted molar refractivity (Wildman–Crippen MR) is 111 cm³/mol. The third kappa shape index (κ3) is 9.35. The van der Waals surface area contributed by atoms with E-state index in [0.29, 0.717) is 17.0 Å². The summed E-state index contributed by atoms with van der Waals surface area (Å²) in [6.45, 7) is 9.15. The van der Waals surface area contributed by atoms with Crippen LogP contribution in [0.4, 0.5) is 0 Å². The Kier molecular flexibility index (Phi) is 10.0. The van der Waals surface area contributed by atoms with Crippen LogP contribution in [-0.4, -0.2) is 12.5 Å². The van der Waals surface area contributed by atoms with Crippen molar-refractivity contribution in [1.29, 1.82) is 0 Å². The summed E-state index contributed by atoms with van der Waals surface area (Å²) in [4.78, 5) is 12.8. The van der Waals surface area contributed by atoms with Crippen LogP contribution in [0.2, 0.25) is 0 Å². The molecule has 0 saturated carbocycles. The van der Waals surface area contributed by atoms with E-state index in [0.717, 1.165) is 25.7 Å². The summed E-state index contributed by atoms with van der Waals surface area (Å²) in [5.41, 5.74) is 4.75. The van der Waals surface area contributed by atoms with Crippen LogP contribution in [0.3, 0.4) is 0 Å². The highest BCUT2D eigenvalue weighted by molar-refractivity contribution is 7.80. The van der Waals surface area contributed by atoms with Crippen LogP contribution in [-0.2, 0) is 0 Å². The van der Waals surface area contributed by atoms with E-state index in [9.17, 15) is 4.79 Å². The molecule has 0 radical (unpaired) electrons. The second-order valence-corrected chi connectivity index (χ2v) is 7.17. The molecule has 0 bridgehead atoms. The summed E-state index contributed by atoms with van der Waals surface area (Å²) in [5.74, 6) is -0.0790. The molecule has 0 fully saturated rings. The third-order valence-corrected chi connectivity index (χ3v) is 4.37. The highest BCUT2D eigenvalue weighted by Gasteiger charge is 2.06. The number of nitrogens with one attached hydrogen (secondary N) is 1. The van der Waals surface area contributed by atoms with E-state index in [4.69, 9.17) is 0 Å². The summed E-state index contributed by atoms with van der Waals surface area (Å²) >= 11 is 4.31. The van der Waals surface area contributed by atoms with Crippen molar-refractivity contribution < 1.29 is 4.79 Å². The van der Waals surface area contributed by atoms with Gasteiger partial charge in [-0.15, -0.1) is 12.6 Å². The molecule has 0 aliphatic rings. The van der Waals surface area contributed by atoms with E-state index in [-0.39, 0.29) is 5.91 Å². The molecule has 2 nitrogen and oxygen atoms in total. The van der Waals surface area contributed by atoms with Crippen LogP contribution < -0.4 is 5.32 Å². The summed E-state index contributed by atoms with van der Waals surface area (Å²) in [6, 6.07) is 7.34. The monoisotopic (exact) mass is 357 g/mol. The molecule has 0 unspecified atom stereocenters. The maximum absolute atomic E-state index is 12.1. The number of hydrogen-bond acceptors (Lipinski definition) is 2. The molecule has 1 N–H and O–H groups in total. The zero-order valence-electron chi connectivity index (χ0n) is 15.9. The Morgan fingerprint density at radius 2 is 1.56 bits per heavy atom. The summed E-state index contributed by atoms with van der Waals surface area (Å²) in [7, 11) is 0. The summed E-state index contributed by atoms with van der Waals surface area (Å²) in [5, 5.41) is 2.92. The molecule has 0 heterocycles. The van der Waals surface area contributed by atoms with Gasteiger partial charge in [0.25, 0.3) is 5.91 Å². The van der Waals surface area contributed by atoms with Gasteiger partial charge in [0.2, 0.25) is 0 Å². The van der Waals surface area contributed by atoms with Gasteiger partial charge in [0.15, 0.2) is 0 Å². The maximum Gasteiger partial charge on any atom is 0.252 e.